The Bertz CT molecular complexity index is 752. The molecule has 1 aliphatic carbocycles. The largest absolute Gasteiger partial charge is 0.467 e. The van der Waals surface area contributed by atoms with Crippen molar-refractivity contribution in [1.82, 2.24) is 15.1 Å². The van der Waals surface area contributed by atoms with Gasteiger partial charge in [-0.1, -0.05) is 24.2 Å². The van der Waals surface area contributed by atoms with Crippen LogP contribution in [-0.2, 0) is 16.1 Å². The molecule has 7 nitrogen and oxygen atoms in total. The number of carbonyl (C=O) groups is 2. The minimum absolute atomic E-state index is 0.0274. The molecule has 0 spiro atoms. The third-order valence-electron chi connectivity index (χ3n) is 4.89. The van der Waals surface area contributed by atoms with Crippen LogP contribution in [0.15, 0.2) is 22.8 Å². The predicted octanol–water partition coefficient (Wildman–Crippen LogP) is 2.78. The molecule has 2 fully saturated rings. The molecule has 3 heterocycles. The maximum atomic E-state index is 12.5. The van der Waals surface area contributed by atoms with Crippen molar-refractivity contribution in [3.8, 4) is 0 Å². The van der Waals surface area contributed by atoms with Crippen LogP contribution in [0.2, 0.25) is 0 Å². The first-order chi connectivity index (χ1) is 12.2. The second kappa shape index (κ2) is 6.95. The van der Waals surface area contributed by atoms with E-state index in [2.05, 4.69) is 15.5 Å². The lowest BCUT2D eigenvalue weighted by molar-refractivity contribution is -0.128. The zero-order valence-electron chi connectivity index (χ0n) is 13.8. The molecule has 1 saturated heterocycles. The summed E-state index contributed by atoms with van der Waals surface area (Å²) in [6.45, 7) is 0.805. The van der Waals surface area contributed by atoms with Gasteiger partial charge >= 0.3 is 0 Å². The Morgan fingerprint density at radius 3 is 2.96 bits per heavy atom. The fraction of sp³-hybridized carbons (Fsp3) is 0.529. The zero-order valence-corrected chi connectivity index (χ0v) is 14.6. The number of likely N-dealkylation sites (tertiary alicyclic amines) is 1. The van der Waals surface area contributed by atoms with E-state index in [0.717, 1.165) is 23.6 Å². The summed E-state index contributed by atoms with van der Waals surface area (Å²) in [7, 11) is 0. The summed E-state index contributed by atoms with van der Waals surface area (Å²) in [6.07, 6.45) is 6.59. The van der Waals surface area contributed by atoms with Crippen molar-refractivity contribution in [1.29, 1.82) is 0 Å². The normalized spacial score (nSPS) is 21.2. The lowest BCUT2D eigenvalue weighted by Gasteiger charge is -2.14. The van der Waals surface area contributed by atoms with Crippen LogP contribution in [-0.4, -0.2) is 33.5 Å². The molecular formula is C17H20N4O3S. The Kier molecular flexibility index (Phi) is 4.52. The second-order valence-corrected chi connectivity index (χ2v) is 7.68. The predicted molar refractivity (Wildman–Crippen MR) is 92.0 cm³/mol. The topological polar surface area (TPSA) is 88.3 Å². The Morgan fingerprint density at radius 2 is 2.20 bits per heavy atom. The Morgan fingerprint density at radius 1 is 1.36 bits per heavy atom. The van der Waals surface area contributed by atoms with Gasteiger partial charge in [-0.3, -0.25) is 9.59 Å². The molecule has 1 aliphatic heterocycles. The van der Waals surface area contributed by atoms with Gasteiger partial charge in [-0.15, -0.1) is 10.2 Å². The minimum atomic E-state index is -0.360. The number of anilines is 1. The van der Waals surface area contributed by atoms with Crippen LogP contribution in [0.25, 0.3) is 0 Å². The number of amides is 2. The lowest BCUT2D eigenvalue weighted by Crippen LogP contribution is -2.27. The van der Waals surface area contributed by atoms with E-state index >= 15 is 0 Å². The molecule has 0 radical (unpaired) electrons. The molecule has 2 aromatic heterocycles. The highest BCUT2D eigenvalue weighted by atomic mass is 32.1. The van der Waals surface area contributed by atoms with Crippen LogP contribution in [0.4, 0.5) is 5.13 Å². The van der Waals surface area contributed by atoms with Gasteiger partial charge in [0.15, 0.2) is 0 Å². The van der Waals surface area contributed by atoms with Crippen LogP contribution in [0.1, 0.15) is 48.8 Å². The van der Waals surface area contributed by atoms with E-state index < -0.39 is 0 Å². The molecule has 8 heteroatoms. The molecule has 1 N–H and O–H groups in total. The van der Waals surface area contributed by atoms with Crippen LogP contribution in [0, 0.1) is 5.92 Å². The second-order valence-electron chi connectivity index (χ2n) is 6.67. The summed E-state index contributed by atoms with van der Waals surface area (Å²) in [5, 5.41) is 12.7. The molecule has 2 amide bonds. The van der Waals surface area contributed by atoms with E-state index in [4.69, 9.17) is 4.42 Å². The summed E-state index contributed by atoms with van der Waals surface area (Å²) < 4.78 is 5.28. The van der Waals surface area contributed by atoms with E-state index in [1.54, 1.807) is 17.2 Å². The lowest BCUT2D eigenvalue weighted by atomic mass is 10.1. The molecule has 1 saturated carbocycles. The number of furan rings is 1. The van der Waals surface area contributed by atoms with Crippen LogP contribution < -0.4 is 5.32 Å². The van der Waals surface area contributed by atoms with E-state index in [1.165, 1.54) is 24.2 Å². The molecule has 0 unspecified atom stereocenters. The zero-order chi connectivity index (χ0) is 17.2. The SMILES string of the molecule is O=C(Nc1nnc(C2CCCC2)s1)[C@@H]1CC(=O)N(Cc2ccco2)C1. The molecule has 0 bridgehead atoms. The number of carbonyl (C=O) groups excluding carboxylic acids is 2. The smallest absolute Gasteiger partial charge is 0.231 e. The van der Waals surface area contributed by atoms with Crippen molar-refractivity contribution in [3.05, 3.63) is 29.2 Å². The van der Waals surface area contributed by atoms with E-state index in [9.17, 15) is 9.59 Å². The third kappa shape index (κ3) is 3.58. The maximum Gasteiger partial charge on any atom is 0.231 e. The van der Waals surface area contributed by atoms with Gasteiger partial charge in [0.25, 0.3) is 0 Å². The highest BCUT2D eigenvalue weighted by Gasteiger charge is 2.35. The van der Waals surface area contributed by atoms with Gasteiger partial charge < -0.3 is 14.6 Å². The minimum Gasteiger partial charge on any atom is -0.467 e. The number of hydrogen-bond acceptors (Lipinski definition) is 6. The summed E-state index contributed by atoms with van der Waals surface area (Å²) in [5.74, 6) is 0.658. The van der Waals surface area contributed by atoms with Crippen molar-refractivity contribution in [3.63, 3.8) is 0 Å². The fourth-order valence-corrected chi connectivity index (χ4v) is 4.44. The van der Waals surface area contributed by atoms with E-state index in [1.807, 2.05) is 6.07 Å². The van der Waals surface area contributed by atoms with Gasteiger partial charge in [-0.05, 0) is 25.0 Å². The van der Waals surface area contributed by atoms with Gasteiger partial charge in [0.2, 0.25) is 16.9 Å². The number of hydrogen-bond donors (Lipinski definition) is 1. The standard InChI is InChI=1S/C17H20N4O3S/c22-14-8-12(9-21(14)10-13-6-3-7-24-13)15(23)18-17-20-19-16(25-17)11-4-1-2-5-11/h3,6-7,11-12H,1-2,4-5,8-10H2,(H,18,20,23)/t12-/m1/s1. The van der Waals surface area contributed by atoms with Crippen molar-refractivity contribution < 1.29 is 14.0 Å². The molecule has 0 aromatic carbocycles. The van der Waals surface area contributed by atoms with Crippen molar-refractivity contribution in [2.45, 2.75) is 44.6 Å². The molecule has 132 valence electrons. The van der Waals surface area contributed by atoms with Gasteiger partial charge in [0.1, 0.15) is 10.8 Å². The first-order valence-electron chi connectivity index (χ1n) is 8.63. The summed E-state index contributed by atoms with van der Waals surface area (Å²) in [4.78, 5) is 26.2. The van der Waals surface area contributed by atoms with Crippen LogP contribution in [0.5, 0.6) is 0 Å². The molecule has 2 aromatic rings. The van der Waals surface area contributed by atoms with Crippen molar-refractivity contribution >= 4 is 28.3 Å². The quantitative estimate of drug-likeness (QED) is 0.886. The first-order valence-corrected chi connectivity index (χ1v) is 9.45. The van der Waals surface area contributed by atoms with Crippen LogP contribution >= 0.6 is 11.3 Å². The molecule has 4 rings (SSSR count). The number of aromatic nitrogens is 2. The Labute approximate surface area is 149 Å². The first kappa shape index (κ1) is 16.3. The fourth-order valence-electron chi connectivity index (χ4n) is 3.52. The van der Waals surface area contributed by atoms with Crippen LogP contribution in [0.3, 0.4) is 0 Å². The summed E-state index contributed by atoms with van der Waals surface area (Å²) >= 11 is 1.45. The number of nitrogens with one attached hydrogen (secondary N) is 1. The molecule has 1 atom stereocenters. The van der Waals surface area contributed by atoms with Gasteiger partial charge in [-0.25, -0.2) is 0 Å². The Balaban J connectivity index is 1.34. The summed E-state index contributed by atoms with van der Waals surface area (Å²) in [5.41, 5.74) is 0. The highest BCUT2D eigenvalue weighted by Crippen LogP contribution is 2.36. The number of rotatable bonds is 5. The number of nitrogens with zero attached hydrogens (tertiary/aromatic N) is 3. The molecule has 25 heavy (non-hydrogen) atoms. The average molecular weight is 360 g/mol. The monoisotopic (exact) mass is 360 g/mol. The van der Waals surface area contributed by atoms with Gasteiger partial charge in [0, 0.05) is 18.9 Å². The molecular weight excluding hydrogens is 340 g/mol. The Hall–Kier alpha value is -2.22. The third-order valence-corrected chi connectivity index (χ3v) is 5.89. The van der Waals surface area contributed by atoms with Crippen molar-refractivity contribution in [2.24, 2.45) is 5.92 Å². The maximum absolute atomic E-state index is 12.5. The highest BCUT2D eigenvalue weighted by molar-refractivity contribution is 7.15. The van der Waals surface area contributed by atoms with Gasteiger partial charge in [0.05, 0.1) is 18.7 Å². The van der Waals surface area contributed by atoms with Gasteiger partial charge in [-0.2, -0.15) is 0 Å². The average Bonchev–Trinajstić information content (AvgIpc) is 3.35. The summed E-state index contributed by atoms with van der Waals surface area (Å²) in [6, 6.07) is 3.62. The van der Waals surface area contributed by atoms with E-state index in [-0.39, 0.29) is 24.2 Å². The van der Waals surface area contributed by atoms with Crippen molar-refractivity contribution in [2.75, 3.05) is 11.9 Å². The van der Waals surface area contributed by atoms with E-state index in [0.29, 0.717) is 24.1 Å². The molecule has 2 aliphatic rings.